The van der Waals surface area contributed by atoms with Crippen LogP contribution in [0.1, 0.15) is 10.4 Å². The van der Waals surface area contributed by atoms with Crippen LogP contribution in [0.25, 0.3) is 10.6 Å². The molecule has 14 heteroatoms. The highest BCUT2D eigenvalue weighted by Gasteiger charge is 2.33. The summed E-state index contributed by atoms with van der Waals surface area (Å²) in [6, 6.07) is 10.2. The zero-order valence-electron chi connectivity index (χ0n) is 19.5. The average Bonchev–Trinajstić information content (AvgIpc) is 3.29. The van der Waals surface area contributed by atoms with E-state index in [9.17, 15) is 22.8 Å². The summed E-state index contributed by atoms with van der Waals surface area (Å²) >= 11 is 7.01. The second-order valence-electron chi connectivity index (χ2n) is 8.26. The molecule has 1 saturated heterocycles. The van der Waals surface area contributed by atoms with Gasteiger partial charge in [0.25, 0.3) is 5.91 Å². The molecule has 2 aromatic carbocycles. The average molecular weight is 555 g/mol. The molecule has 1 aromatic heterocycles. The smallest absolute Gasteiger partial charge is 0.404 e. The molecule has 3 aromatic rings. The third kappa shape index (κ3) is 7.61. The molecule has 2 N–H and O–H groups in total. The molecule has 1 fully saturated rings. The summed E-state index contributed by atoms with van der Waals surface area (Å²) in [6.07, 6.45) is -4.98. The van der Waals surface area contributed by atoms with Gasteiger partial charge in [0.15, 0.2) is 5.75 Å². The Morgan fingerprint density at radius 2 is 1.76 bits per heavy atom. The van der Waals surface area contributed by atoms with E-state index in [1.54, 1.807) is 24.3 Å². The molecule has 4 rings (SSSR count). The van der Waals surface area contributed by atoms with Crippen LogP contribution < -0.4 is 15.4 Å². The van der Waals surface area contributed by atoms with Gasteiger partial charge in [-0.15, -0.1) is 23.4 Å². The number of piperazine rings is 1. The first kappa shape index (κ1) is 26.8. The topological polar surface area (TPSA) is 99.7 Å². The van der Waals surface area contributed by atoms with E-state index in [1.807, 2.05) is 11.9 Å². The first-order chi connectivity index (χ1) is 17.6. The number of nitrogens with zero attached hydrogens (tertiary/aromatic N) is 4. The Bertz CT molecular complexity index is 1260. The number of aromatic nitrogens is 2. The van der Waals surface area contributed by atoms with Gasteiger partial charge < -0.3 is 15.0 Å². The Morgan fingerprint density at radius 1 is 1.05 bits per heavy atom. The van der Waals surface area contributed by atoms with Gasteiger partial charge in [-0.05, 0) is 37.4 Å². The van der Waals surface area contributed by atoms with E-state index in [1.165, 1.54) is 0 Å². The second kappa shape index (κ2) is 11.4. The van der Waals surface area contributed by atoms with Gasteiger partial charge in [-0.25, -0.2) is 0 Å². The number of alkyl halides is 3. The minimum Gasteiger partial charge on any atom is -0.404 e. The number of carbonyl (C=O) groups excluding carboxylic acids is 2. The summed E-state index contributed by atoms with van der Waals surface area (Å²) in [4.78, 5) is 29.4. The lowest BCUT2D eigenvalue weighted by Gasteiger charge is -2.31. The van der Waals surface area contributed by atoms with Crippen LogP contribution in [-0.4, -0.2) is 77.9 Å². The standard InChI is InChI=1S/C23H22ClF3N6O3S/c1-32-8-10-33(11-9-32)13-19(34)28-17-12-15(4-7-18(17)36-23(25,26)27)20(35)29-22-31-30-21(37-22)14-2-5-16(24)6-3-14/h2-7,12H,8-11,13H2,1H3,(H,28,34)(H,29,31,35). The fourth-order valence-electron chi connectivity index (χ4n) is 3.53. The summed E-state index contributed by atoms with van der Waals surface area (Å²) in [5.74, 6) is -1.80. The van der Waals surface area contributed by atoms with Crippen molar-refractivity contribution in [1.82, 2.24) is 20.0 Å². The Kier molecular flexibility index (Phi) is 8.27. The number of halogens is 4. The Labute approximate surface area is 219 Å². The number of carbonyl (C=O) groups is 2. The molecular weight excluding hydrogens is 533 g/mol. The minimum atomic E-state index is -4.98. The van der Waals surface area contributed by atoms with Gasteiger partial charge in [-0.1, -0.05) is 35.1 Å². The molecule has 2 amide bonds. The largest absolute Gasteiger partial charge is 0.573 e. The van der Waals surface area contributed by atoms with Crippen molar-refractivity contribution in [2.75, 3.05) is 50.4 Å². The van der Waals surface area contributed by atoms with Gasteiger partial charge in [0.2, 0.25) is 11.0 Å². The van der Waals surface area contributed by atoms with Crippen LogP contribution in [0.4, 0.5) is 24.0 Å². The SMILES string of the molecule is CN1CCN(CC(=O)Nc2cc(C(=O)Nc3nnc(-c4ccc(Cl)cc4)s3)ccc2OC(F)(F)F)CC1. The number of anilines is 2. The van der Waals surface area contributed by atoms with Crippen LogP contribution in [0.5, 0.6) is 5.75 Å². The van der Waals surface area contributed by atoms with E-state index in [2.05, 4.69) is 30.5 Å². The number of hydrogen-bond acceptors (Lipinski definition) is 8. The molecular formula is C23H22ClF3N6O3S. The number of nitrogens with one attached hydrogen (secondary N) is 2. The molecule has 0 spiro atoms. The zero-order valence-corrected chi connectivity index (χ0v) is 21.1. The lowest BCUT2D eigenvalue weighted by Crippen LogP contribution is -2.47. The minimum absolute atomic E-state index is 0.00597. The molecule has 0 saturated carbocycles. The van der Waals surface area contributed by atoms with Gasteiger partial charge in [0.1, 0.15) is 5.01 Å². The van der Waals surface area contributed by atoms with Crippen molar-refractivity contribution in [3.63, 3.8) is 0 Å². The van der Waals surface area contributed by atoms with Gasteiger partial charge in [-0.2, -0.15) is 0 Å². The van der Waals surface area contributed by atoms with Crippen molar-refractivity contribution >= 4 is 45.6 Å². The number of rotatable bonds is 7. The Hall–Kier alpha value is -3.26. The summed E-state index contributed by atoms with van der Waals surface area (Å²) in [5.41, 5.74) is 0.470. The molecule has 0 atom stereocenters. The van der Waals surface area contributed by atoms with Gasteiger partial charge in [0.05, 0.1) is 12.2 Å². The maximum absolute atomic E-state index is 12.9. The highest BCUT2D eigenvalue weighted by Crippen LogP contribution is 2.32. The van der Waals surface area contributed by atoms with Crippen molar-refractivity contribution in [3.05, 3.63) is 53.1 Å². The molecule has 0 unspecified atom stereocenters. The maximum Gasteiger partial charge on any atom is 0.573 e. The second-order valence-corrected chi connectivity index (χ2v) is 9.67. The molecule has 0 bridgehead atoms. The molecule has 0 aliphatic carbocycles. The van der Waals surface area contributed by atoms with Gasteiger partial charge >= 0.3 is 6.36 Å². The number of ether oxygens (including phenoxy) is 1. The first-order valence-electron chi connectivity index (χ1n) is 11.1. The van der Waals surface area contributed by atoms with E-state index in [0.29, 0.717) is 23.1 Å². The monoisotopic (exact) mass is 554 g/mol. The van der Waals surface area contributed by atoms with Crippen molar-refractivity contribution in [2.24, 2.45) is 0 Å². The van der Waals surface area contributed by atoms with Crippen molar-refractivity contribution in [2.45, 2.75) is 6.36 Å². The van der Waals surface area contributed by atoms with E-state index in [-0.39, 0.29) is 22.9 Å². The lowest BCUT2D eigenvalue weighted by molar-refractivity contribution is -0.274. The Balaban J connectivity index is 1.48. The molecule has 9 nitrogen and oxygen atoms in total. The van der Waals surface area contributed by atoms with Crippen LogP contribution in [0.15, 0.2) is 42.5 Å². The summed E-state index contributed by atoms with van der Waals surface area (Å²) in [5, 5.41) is 14.3. The van der Waals surface area contributed by atoms with Crippen molar-refractivity contribution in [1.29, 1.82) is 0 Å². The fraction of sp³-hybridized carbons (Fsp3) is 0.304. The molecule has 1 aliphatic rings. The zero-order chi connectivity index (χ0) is 26.6. The molecule has 196 valence electrons. The van der Waals surface area contributed by atoms with Crippen molar-refractivity contribution < 1.29 is 27.5 Å². The summed E-state index contributed by atoms with van der Waals surface area (Å²) < 4.78 is 42.8. The third-order valence-electron chi connectivity index (χ3n) is 5.44. The van der Waals surface area contributed by atoms with Crippen molar-refractivity contribution in [3.8, 4) is 16.3 Å². The van der Waals surface area contributed by atoms with Crippen LogP contribution in [-0.2, 0) is 4.79 Å². The highest BCUT2D eigenvalue weighted by atomic mass is 35.5. The number of likely N-dealkylation sites (N-methyl/N-ethyl adjacent to an activating group) is 1. The van der Waals surface area contributed by atoms with E-state index < -0.39 is 23.9 Å². The van der Waals surface area contributed by atoms with E-state index >= 15 is 0 Å². The molecule has 1 aliphatic heterocycles. The van der Waals surface area contributed by atoms with Gasteiger partial charge in [-0.3, -0.25) is 19.8 Å². The highest BCUT2D eigenvalue weighted by molar-refractivity contribution is 7.18. The quantitative estimate of drug-likeness (QED) is 0.452. The summed E-state index contributed by atoms with van der Waals surface area (Å²) in [7, 11) is 1.97. The normalized spacial score (nSPS) is 14.8. The molecule has 37 heavy (non-hydrogen) atoms. The number of amides is 2. The Morgan fingerprint density at radius 3 is 2.43 bits per heavy atom. The van der Waals surface area contributed by atoms with Crippen LogP contribution in [0.3, 0.4) is 0 Å². The molecule has 2 heterocycles. The lowest BCUT2D eigenvalue weighted by atomic mass is 10.1. The number of benzene rings is 2. The third-order valence-corrected chi connectivity index (χ3v) is 6.58. The van der Waals surface area contributed by atoms with Crippen LogP contribution >= 0.6 is 22.9 Å². The maximum atomic E-state index is 12.9. The number of hydrogen-bond donors (Lipinski definition) is 2. The first-order valence-corrected chi connectivity index (χ1v) is 12.3. The van der Waals surface area contributed by atoms with Gasteiger partial charge in [0, 0.05) is 42.3 Å². The predicted octanol–water partition coefficient (Wildman–Crippen LogP) is 4.20. The molecule has 0 radical (unpaired) electrons. The predicted molar refractivity (Wildman–Crippen MR) is 134 cm³/mol. The fourth-order valence-corrected chi connectivity index (χ4v) is 4.40. The van der Waals surface area contributed by atoms with E-state index in [0.717, 1.165) is 48.2 Å². The van der Waals surface area contributed by atoms with Crippen LogP contribution in [0, 0.1) is 0 Å². The van der Waals surface area contributed by atoms with Crippen LogP contribution in [0.2, 0.25) is 5.02 Å². The van der Waals surface area contributed by atoms with E-state index in [4.69, 9.17) is 11.6 Å². The summed E-state index contributed by atoms with van der Waals surface area (Å²) in [6.45, 7) is 2.84.